The Morgan fingerprint density at radius 2 is 1.74 bits per heavy atom. The molecule has 0 aliphatic rings. The Bertz CT molecular complexity index is 521. The van der Waals surface area contributed by atoms with Crippen LogP contribution in [0.15, 0.2) is 48.5 Å². The highest BCUT2D eigenvalue weighted by Gasteiger charge is 2.12. The van der Waals surface area contributed by atoms with Crippen LogP contribution in [-0.2, 0) is 6.61 Å². The molecular formula is C16H18O3. The number of rotatable bonds is 5. The molecule has 100 valence electrons. The number of para-hydroxylation sites is 1. The SMILES string of the molecule is CC(C)Oc1c(O)cccc1OCc1ccccc1. The maximum absolute atomic E-state index is 9.83. The molecule has 0 atom stereocenters. The lowest BCUT2D eigenvalue weighted by Gasteiger charge is -2.16. The van der Waals surface area contributed by atoms with Crippen molar-refractivity contribution >= 4 is 0 Å². The van der Waals surface area contributed by atoms with Crippen LogP contribution in [0.1, 0.15) is 19.4 Å². The van der Waals surface area contributed by atoms with Gasteiger partial charge in [-0.3, -0.25) is 0 Å². The highest BCUT2D eigenvalue weighted by atomic mass is 16.5. The lowest BCUT2D eigenvalue weighted by molar-refractivity contribution is 0.209. The molecule has 0 unspecified atom stereocenters. The van der Waals surface area contributed by atoms with Gasteiger partial charge in [-0.1, -0.05) is 36.4 Å². The van der Waals surface area contributed by atoms with Gasteiger partial charge < -0.3 is 14.6 Å². The molecule has 0 saturated heterocycles. The van der Waals surface area contributed by atoms with Crippen molar-refractivity contribution in [3.05, 3.63) is 54.1 Å². The highest BCUT2D eigenvalue weighted by Crippen LogP contribution is 2.37. The molecule has 2 aromatic carbocycles. The number of benzene rings is 2. The second-order valence-electron chi connectivity index (χ2n) is 4.55. The summed E-state index contributed by atoms with van der Waals surface area (Å²) < 4.78 is 11.3. The first-order chi connectivity index (χ1) is 9.16. The van der Waals surface area contributed by atoms with Gasteiger partial charge in [0.1, 0.15) is 6.61 Å². The van der Waals surface area contributed by atoms with Crippen molar-refractivity contribution in [2.75, 3.05) is 0 Å². The van der Waals surface area contributed by atoms with Gasteiger partial charge in [0.2, 0.25) is 5.75 Å². The summed E-state index contributed by atoms with van der Waals surface area (Å²) in [7, 11) is 0. The number of hydrogen-bond donors (Lipinski definition) is 1. The topological polar surface area (TPSA) is 38.7 Å². The average Bonchev–Trinajstić information content (AvgIpc) is 2.40. The third-order valence-corrected chi connectivity index (χ3v) is 2.55. The number of phenolic OH excluding ortho intramolecular Hbond substituents is 1. The Balaban J connectivity index is 2.13. The molecule has 2 aromatic rings. The first-order valence-corrected chi connectivity index (χ1v) is 6.32. The van der Waals surface area contributed by atoms with E-state index < -0.39 is 0 Å². The molecule has 0 heterocycles. The van der Waals surface area contributed by atoms with E-state index in [0.717, 1.165) is 5.56 Å². The van der Waals surface area contributed by atoms with Gasteiger partial charge in [-0.2, -0.15) is 0 Å². The van der Waals surface area contributed by atoms with Gasteiger partial charge in [-0.05, 0) is 31.5 Å². The zero-order valence-corrected chi connectivity index (χ0v) is 11.2. The lowest BCUT2D eigenvalue weighted by Crippen LogP contribution is -2.07. The van der Waals surface area contributed by atoms with Crippen LogP contribution >= 0.6 is 0 Å². The van der Waals surface area contributed by atoms with E-state index in [1.165, 1.54) is 0 Å². The fraction of sp³-hybridized carbons (Fsp3) is 0.250. The fourth-order valence-corrected chi connectivity index (χ4v) is 1.71. The summed E-state index contributed by atoms with van der Waals surface area (Å²) in [4.78, 5) is 0. The summed E-state index contributed by atoms with van der Waals surface area (Å²) in [5.41, 5.74) is 1.07. The van der Waals surface area contributed by atoms with Gasteiger partial charge in [0.25, 0.3) is 0 Å². The molecule has 1 N–H and O–H groups in total. The zero-order valence-electron chi connectivity index (χ0n) is 11.2. The molecule has 0 spiro atoms. The van der Waals surface area contributed by atoms with Crippen molar-refractivity contribution in [1.29, 1.82) is 0 Å². The van der Waals surface area contributed by atoms with Crippen molar-refractivity contribution < 1.29 is 14.6 Å². The van der Waals surface area contributed by atoms with Gasteiger partial charge in [0.05, 0.1) is 6.10 Å². The van der Waals surface area contributed by atoms with Crippen LogP contribution in [-0.4, -0.2) is 11.2 Å². The van der Waals surface area contributed by atoms with Crippen LogP contribution in [0.2, 0.25) is 0 Å². The summed E-state index contributed by atoms with van der Waals surface area (Å²) in [6.07, 6.45) is -0.0209. The minimum absolute atomic E-state index is 0.0209. The normalized spacial score (nSPS) is 10.5. The van der Waals surface area contributed by atoms with E-state index in [1.807, 2.05) is 44.2 Å². The minimum Gasteiger partial charge on any atom is -0.504 e. The molecule has 3 nitrogen and oxygen atoms in total. The molecule has 0 aromatic heterocycles. The fourth-order valence-electron chi connectivity index (χ4n) is 1.71. The molecule has 0 aliphatic heterocycles. The van der Waals surface area contributed by atoms with Gasteiger partial charge >= 0.3 is 0 Å². The third kappa shape index (κ3) is 3.65. The van der Waals surface area contributed by atoms with Gasteiger partial charge in [0.15, 0.2) is 11.5 Å². The highest BCUT2D eigenvalue weighted by molar-refractivity contribution is 5.50. The largest absolute Gasteiger partial charge is 0.504 e. The van der Waals surface area contributed by atoms with Crippen molar-refractivity contribution in [3.8, 4) is 17.2 Å². The van der Waals surface area contributed by atoms with Crippen LogP contribution in [0, 0.1) is 0 Å². The van der Waals surface area contributed by atoms with E-state index in [2.05, 4.69) is 0 Å². The standard InChI is InChI=1S/C16H18O3/c1-12(2)19-16-14(17)9-6-10-15(16)18-11-13-7-4-3-5-8-13/h3-10,12,17H,11H2,1-2H3. The zero-order chi connectivity index (χ0) is 13.7. The molecule has 0 saturated carbocycles. The van der Waals surface area contributed by atoms with E-state index in [1.54, 1.807) is 18.2 Å². The smallest absolute Gasteiger partial charge is 0.203 e. The van der Waals surface area contributed by atoms with E-state index in [9.17, 15) is 5.11 Å². The van der Waals surface area contributed by atoms with E-state index in [4.69, 9.17) is 9.47 Å². The van der Waals surface area contributed by atoms with Crippen molar-refractivity contribution in [3.63, 3.8) is 0 Å². The monoisotopic (exact) mass is 258 g/mol. The summed E-state index contributed by atoms with van der Waals surface area (Å²) >= 11 is 0. The quantitative estimate of drug-likeness (QED) is 0.887. The first kappa shape index (κ1) is 13.3. The minimum atomic E-state index is -0.0209. The predicted octanol–water partition coefficient (Wildman–Crippen LogP) is 3.76. The van der Waals surface area contributed by atoms with Crippen LogP contribution in [0.4, 0.5) is 0 Å². The number of phenols is 1. The van der Waals surface area contributed by atoms with E-state index >= 15 is 0 Å². The van der Waals surface area contributed by atoms with Gasteiger partial charge in [0, 0.05) is 0 Å². The number of aromatic hydroxyl groups is 1. The van der Waals surface area contributed by atoms with Gasteiger partial charge in [-0.15, -0.1) is 0 Å². The van der Waals surface area contributed by atoms with Crippen LogP contribution in [0.25, 0.3) is 0 Å². The lowest BCUT2D eigenvalue weighted by atomic mass is 10.2. The second-order valence-corrected chi connectivity index (χ2v) is 4.55. The Morgan fingerprint density at radius 3 is 2.42 bits per heavy atom. The summed E-state index contributed by atoms with van der Waals surface area (Å²) in [6.45, 7) is 4.26. The summed E-state index contributed by atoms with van der Waals surface area (Å²) in [6, 6.07) is 15.0. The van der Waals surface area contributed by atoms with E-state index in [-0.39, 0.29) is 11.9 Å². The van der Waals surface area contributed by atoms with Crippen molar-refractivity contribution in [1.82, 2.24) is 0 Å². The second kappa shape index (κ2) is 6.14. The van der Waals surface area contributed by atoms with Crippen molar-refractivity contribution in [2.45, 2.75) is 26.6 Å². The summed E-state index contributed by atoms with van der Waals surface area (Å²) in [5, 5.41) is 9.83. The van der Waals surface area contributed by atoms with Crippen LogP contribution < -0.4 is 9.47 Å². The maximum Gasteiger partial charge on any atom is 0.203 e. The molecule has 0 aliphatic carbocycles. The molecule has 3 heteroatoms. The third-order valence-electron chi connectivity index (χ3n) is 2.55. The molecule has 0 bridgehead atoms. The Hall–Kier alpha value is -2.16. The van der Waals surface area contributed by atoms with Gasteiger partial charge in [-0.25, -0.2) is 0 Å². The van der Waals surface area contributed by atoms with E-state index in [0.29, 0.717) is 18.1 Å². The molecule has 0 amide bonds. The summed E-state index contributed by atoms with van der Waals surface area (Å²) in [5.74, 6) is 1.05. The maximum atomic E-state index is 9.83. The predicted molar refractivity (Wildman–Crippen MR) is 74.6 cm³/mol. The number of ether oxygens (including phenoxy) is 2. The van der Waals surface area contributed by atoms with Crippen LogP contribution in [0.3, 0.4) is 0 Å². The van der Waals surface area contributed by atoms with Crippen molar-refractivity contribution in [2.24, 2.45) is 0 Å². The van der Waals surface area contributed by atoms with Crippen LogP contribution in [0.5, 0.6) is 17.2 Å². The molecule has 0 fully saturated rings. The Kier molecular flexibility index (Phi) is 4.29. The molecule has 2 rings (SSSR count). The number of hydrogen-bond acceptors (Lipinski definition) is 3. The first-order valence-electron chi connectivity index (χ1n) is 6.32. The molecular weight excluding hydrogens is 240 g/mol. The molecule has 0 radical (unpaired) electrons. The molecule has 19 heavy (non-hydrogen) atoms. The Morgan fingerprint density at radius 1 is 1.00 bits per heavy atom. The average molecular weight is 258 g/mol. The Labute approximate surface area is 113 Å².